The molecule has 162 valence electrons. The van der Waals surface area contributed by atoms with Crippen molar-refractivity contribution in [2.45, 2.75) is 13.8 Å². The number of benzene rings is 2. The van der Waals surface area contributed by atoms with E-state index in [-0.39, 0.29) is 17.6 Å². The molecule has 8 heteroatoms. The van der Waals surface area contributed by atoms with E-state index in [0.717, 1.165) is 22.4 Å². The van der Waals surface area contributed by atoms with E-state index in [1.165, 1.54) is 16.7 Å². The van der Waals surface area contributed by atoms with E-state index in [2.05, 4.69) is 15.4 Å². The molecule has 0 bridgehead atoms. The number of aliphatic imine (C=N–C) groups is 1. The molecule has 0 aliphatic carbocycles. The van der Waals surface area contributed by atoms with Crippen molar-refractivity contribution in [2.24, 2.45) is 12.0 Å². The first-order chi connectivity index (χ1) is 15.4. The molecule has 0 fully saturated rings. The third-order valence-electron chi connectivity index (χ3n) is 4.86. The van der Waals surface area contributed by atoms with E-state index < -0.39 is 0 Å². The normalized spacial score (nSPS) is 14.7. The second kappa shape index (κ2) is 9.23. The zero-order chi connectivity index (χ0) is 22.7. The van der Waals surface area contributed by atoms with Crippen LogP contribution in [-0.2, 0) is 16.6 Å². The standard InChI is InChI=1S/C24H23N5O2S/c1-16-9-10-20(17(2)11-16)26-22(30)15-32-24-27-21(12-18-13-25-28(3)14-18)23(31)29(24)19-7-5-4-6-8-19/h4-14H,15H2,1-3H3,(H,26,30). The average Bonchev–Trinajstić information content (AvgIpc) is 3.32. The molecule has 0 unspecified atom stereocenters. The number of amides is 2. The summed E-state index contributed by atoms with van der Waals surface area (Å²) in [6.45, 7) is 3.97. The number of aryl methyl sites for hydroxylation is 3. The van der Waals surface area contributed by atoms with Crippen LogP contribution in [0.25, 0.3) is 6.08 Å². The number of hydrogen-bond donors (Lipinski definition) is 1. The lowest BCUT2D eigenvalue weighted by Crippen LogP contribution is -2.31. The van der Waals surface area contributed by atoms with Gasteiger partial charge in [0, 0.05) is 24.5 Å². The number of carbonyl (C=O) groups excluding carboxylic acids is 2. The van der Waals surface area contributed by atoms with Crippen molar-refractivity contribution in [3.8, 4) is 0 Å². The highest BCUT2D eigenvalue weighted by atomic mass is 32.2. The molecule has 0 atom stereocenters. The molecule has 2 heterocycles. The van der Waals surface area contributed by atoms with Gasteiger partial charge < -0.3 is 5.32 Å². The molecule has 0 saturated heterocycles. The van der Waals surface area contributed by atoms with Crippen molar-refractivity contribution < 1.29 is 9.59 Å². The van der Waals surface area contributed by atoms with Crippen LogP contribution in [0.4, 0.5) is 11.4 Å². The van der Waals surface area contributed by atoms with Crippen LogP contribution in [0, 0.1) is 13.8 Å². The smallest absolute Gasteiger partial charge is 0.283 e. The average molecular weight is 446 g/mol. The van der Waals surface area contributed by atoms with Gasteiger partial charge in [0.25, 0.3) is 5.91 Å². The maximum Gasteiger partial charge on any atom is 0.283 e. The summed E-state index contributed by atoms with van der Waals surface area (Å²) in [5.41, 5.74) is 4.71. The maximum absolute atomic E-state index is 13.1. The molecule has 2 amide bonds. The second-order valence-electron chi connectivity index (χ2n) is 7.50. The van der Waals surface area contributed by atoms with Gasteiger partial charge in [0.2, 0.25) is 5.91 Å². The molecule has 1 N–H and O–H groups in total. The molecular formula is C24H23N5O2S. The van der Waals surface area contributed by atoms with Crippen LogP contribution < -0.4 is 10.2 Å². The molecule has 4 rings (SSSR count). The van der Waals surface area contributed by atoms with E-state index in [1.54, 1.807) is 17.0 Å². The minimum Gasteiger partial charge on any atom is -0.325 e. The summed E-state index contributed by atoms with van der Waals surface area (Å²) in [5.74, 6) is -0.268. The highest BCUT2D eigenvalue weighted by Gasteiger charge is 2.32. The van der Waals surface area contributed by atoms with Crippen LogP contribution in [-0.4, -0.2) is 32.5 Å². The molecule has 32 heavy (non-hydrogen) atoms. The Bertz CT molecular complexity index is 1230. The van der Waals surface area contributed by atoms with Crippen LogP contribution in [0.5, 0.6) is 0 Å². The Labute approximate surface area is 190 Å². The predicted molar refractivity (Wildman–Crippen MR) is 130 cm³/mol. The monoisotopic (exact) mass is 445 g/mol. The Morgan fingerprint density at radius 3 is 2.62 bits per heavy atom. The van der Waals surface area contributed by atoms with Crippen molar-refractivity contribution in [3.63, 3.8) is 0 Å². The summed E-state index contributed by atoms with van der Waals surface area (Å²) in [6.07, 6.45) is 5.19. The first kappa shape index (κ1) is 21.6. The van der Waals surface area contributed by atoms with Gasteiger partial charge in [-0.05, 0) is 43.7 Å². The highest BCUT2D eigenvalue weighted by Crippen LogP contribution is 2.29. The first-order valence-corrected chi connectivity index (χ1v) is 11.1. The Balaban J connectivity index is 1.54. The fourth-order valence-electron chi connectivity index (χ4n) is 3.34. The number of rotatable bonds is 5. The van der Waals surface area contributed by atoms with Gasteiger partial charge in [0.1, 0.15) is 5.70 Å². The number of nitrogens with zero attached hydrogens (tertiary/aromatic N) is 4. The van der Waals surface area contributed by atoms with Crippen molar-refractivity contribution in [3.05, 3.63) is 83.3 Å². The van der Waals surface area contributed by atoms with Crippen molar-refractivity contribution in [1.29, 1.82) is 0 Å². The second-order valence-corrected chi connectivity index (χ2v) is 8.45. The van der Waals surface area contributed by atoms with Crippen LogP contribution in [0.15, 0.2) is 71.6 Å². The lowest BCUT2D eigenvalue weighted by molar-refractivity contribution is -0.114. The van der Waals surface area contributed by atoms with Gasteiger partial charge >= 0.3 is 0 Å². The van der Waals surface area contributed by atoms with Gasteiger partial charge in [-0.1, -0.05) is 47.7 Å². The van der Waals surface area contributed by atoms with Crippen molar-refractivity contribution in [1.82, 2.24) is 9.78 Å². The van der Waals surface area contributed by atoms with Crippen LogP contribution in [0.2, 0.25) is 0 Å². The number of aromatic nitrogens is 2. The minimum absolute atomic E-state index is 0.128. The summed E-state index contributed by atoms with van der Waals surface area (Å²) in [7, 11) is 1.81. The number of hydrogen-bond acceptors (Lipinski definition) is 5. The summed E-state index contributed by atoms with van der Waals surface area (Å²) >= 11 is 1.23. The van der Waals surface area contributed by atoms with Gasteiger partial charge in [0.15, 0.2) is 5.17 Å². The van der Waals surface area contributed by atoms with Crippen LogP contribution >= 0.6 is 11.8 Å². The van der Waals surface area contributed by atoms with Crippen molar-refractivity contribution >= 4 is 46.2 Å². The first-order valence-electron chi connectivity index (χ1n) is 10.1. The molecule has 2 aromatic carbocycles. The van der Waals surface area contributed by atoms with Gasteiger partial charge in [-0.3, -0.25) is 19.2 Å². The van der Waals surface area contributed by atoms with E-state index in [9.17, 15) is 9.59 Å². The molecule has 1 aromatic heterocycles. The van der Waals surface area contributed by atoms with E-state index in [1.807, 2.05) is 75.6 Å². The van der Waals surface area contributed by atoms with Crippen LogP contribution in [0.3, 0.4) is 0 Å². The third kappa shape index (κ3) is 4.81. The largest absolute Gasteiger partial charge is 0.325 e. The minimum atomic E-state index is -0.239. The molecule has 7 nitrogen and oxygen atoms in total. The number of para-hydroxylation sites is 1. The summed E-state index contributed by atoms with van der Waals surface area (Å²) in [5, 5.41) is 7.53. The Morgan fingerprint density at radius 1 is 1.16 bits per heavy atom. The topological polar surface area (TPSA) is 79.6 Å². The fourth-order valence-corrected chi connectivity index (χ4v) is 4.15. The maximum atomic E-state index is 13.1. The SMILES string of the molecule is Cc1ccc(NC(=O)CSC2=NC(=Cc3cnn(C)c3)C(=O)N2c2ccccc2)c(C)c1. The zero-order valence-corrected chi connectivity index (χ0v) is 18.9. The Morgan fingerprint density at radius 2 is 1.94 bits per heavy atom. The van der Waals surface area contributed by atoms with E-state index >= 15 is 0 Å². The number of carbonyl (C=O) groups is 2. The van der Waals surface area contributed by atoms with E-state index in [4.69, 9.17) is 0 Å². The molecule has 0 saturated carbocycles. The quantitative estimate of drug-likeness (QED) is 0.599. The fraction of sp³-hybridized carbons (Fsp3) is 0.167. The highest BCUT2D eigenvalue weighted by molar-refractivity contribution is 8.14. The summed E-state index contributed by atoms with van der Waals surface area (Å²) < 4.78 is 1.66. The number of nitrogens with one attached hydrogen (secondary N) is 1. The number of thioether (sulfide) groups is 1. The van der Waals surface area contributed by atoms with Crippen LogP contribution in [0.1, 0.15) is 16.7 Å². The lowest BCUT2D eigenvalue weighted by Gasteiger charge is -2.17. The molecule has 1 aliphatic rings. The predicted octanol–water partition coefficient (Wildman–Crippen LogP) is 4.15. The zero-order valence-electron chi connectivity index (χ0n) is 18.1. The Hall–Kier alpha value is -3.65. The number of anilines is 2. The molecule has 0 spiro atoms. The summed E-state index contributed by atoms with van der Waals surface area (Å²) in [4.78, 5) is 31.8. The van der Waals surface area contributed by atoms with Gasteiger partial charge in [0.05, 0.1) is 17.6 Å². The number of amidine groups is 1. The van der Waals surface area contributed by atoms with Gasteiger partial charge in [-0.15, -0.1) is 0 Å². The lowest BCUT2D eigenvalue weighted by atomic mass is 10.1. The Kier molecular flexibility index (Phi) is 6.23. The molecule has 0 radical (unpaired) electrons. The van der Waals surface area contributed by atoms with Gasteiger partial charge in [-0.2, -0.15) is 5.10 Å². The summed E-state index contributed by atoms with van der Waals surface area (Å²) in [6, 6.07) is 15.2. The molecule has 1 aliphatic heterocycles. The third-order valence-corrected chi connectivity index (χ3v) is 5.80. The van der Waals surface area contributed by atoms with Gasteiger partial charge in [-0.25, -0.2) is 4.99 Å². The molecular weight excluding hydrogens is 422 g/mol. The molecule has 3 aromatic rings. The van der Waals surface area contributed by atoms with Crippen molar-refractivity contribution in [2.75, 3.05) is 16.0 Å². The van der Waals surface area contributed by atoms with E-state index in [0.29, 0.717) is 16.6 Å².